The number of hydrogen-bond acceptors (Lipinski definition) is 4. The van der Waals surface area contributed by atoms with E-state index in [9.17, 15) is 13.2 Å². The van der Waals surface area contributed by atoms with Crippen LogP contribution in [0.4, 0.5) is 0 Å². The maximum Gasteiger partial charge on any atom is 0.251 e. The fourth-order valence-electron chi connectivity index (χ4n) is 1.73. The van der Waals surface area contributed by atoms with E-state index < -0.39 is 10.0 Å². The van der Waals surface area contributed by atoms with E-state index in [1.165, 1.54) is 12.1 Å². The molecule has 22 heavy (non-hydrogen) atoms. The number of amides is 1. The van der Waals surface area contributed by atoms with Gasteiger partial charge in [-0.2, -0.15) is 0 Å². The summed E-state index contributed by atoms with van der Waals surface area (Å²) in [5, 5.41) is 2.77. The molecule has 0 saturated carbocycles. The number of halogens is 1. The molecule has 0 aromatic heterocycles. The van der Waals surface area contributed by atoms with Gasteiger partial charge in [-0.3, -0.25) is 4.79 Å². The van der Waals surface area contributed by atoms with Crippen molar-refractivity contribution in [2.24, 2.45) is 11.7 Å². The van der Waals surface area contributed by atoms with Gasteiger partial charge in [-0.05, 0) is 37.1 Å². The highest BCUT2D eigenvalue weighted by Gasteiger charge is 2.17. The van der Waals surface area contributed by atoms with Crippen molar-refractivity contribution < 1.29 is 13.2 Å². The van der Waals surface area contributed by atoms with Gasteiger partial charge in [-0.25, -0.2) is 13.1 Å². The number of benzene rings is 1. The van der Waals surface area contributed by atoms with E-state index in [0.29, 0.717) is 25.2 Å². The minimum atomic E-state index is -3.57. The van der Waals surface area contributed by atoms with Crippen molar-refractivity contribution in [2.75, 3.05) is 19.6 Å². The van der Waals surface area contributed by atoms with Crippen LogP contribution in [0.5, 0.6) is 0 Å². The summed E-state index contributed by atoms with van der Waals surface area (Å²) in [6.07, 6.45) is 0. The maximum atomic E-state index is 12.2. The Kier molecular flexibility index (Phi) is 8.62. The van der Waals surface area contributed by atoms with E-state index in [1.807, 2.05) is 6.92 Å². The van der Waals surface area contributed by atoms with Crippen molar-refractivity contribution in [1.82, 2.24) is 10.0 Å². The second-order valence-electron chi connectivity index (χ2n) is 5.03. The first-order valence-corrected chi connectivity index (χ1v) is 8.38. The minimum Gasteiger partial charge on any atom is -0.352 e. The standard InChI is InChI=1S/C14H23N3O3S.ClH/c1-4-17-21(19,20)12-6-5-11(3)13(7-12)14(18)16-9-10(2)8-15;/h5-7,10,17H,4,8-9,15H2,1-3H3,(H,16,18);1H. The molecule has 4 N–H and O–H groups in total. The van der Waals surface area contributed by atoms with E-state index in [2.05, 4.69) is 10.0 Å². The number of carbonyl (C=O) groups is 1. The van der Waals surface area contributed by atoms with Crippen LogP contribution < -0.4 is 15.8 Å². The molecule has 0 fully saturated rings. The van der Waals surface area contributed by atoms with Gasteiger partial charge in [0.1, 0.15) is 0 Å². The minimum absolute atomic E-state index is 0. The van der Waals surface area contributed by atoms with E-state index in [-0.39, 0.29) is 29.1 Å². The first-order valence-electron chi connectivity index (χ1n) is 6.90. The molecule has 0 bridgehead atoms. The Bertz CT molecular complexity index is 605. The summed E-state index contributed by atoms with van der Waals surface area (Å²) in [6.45, 7) is 6.64. The summed E-state index contributed by atoms with van der Waals surface area (Å²) in [4.78, 5) is 12.2. The molecule has 0 heterocycles. The van der Waals surface area contributed by atoms with Crippen LogP contribution in [0.25, 0.3) is 0 Å². The Morgan fingerprint density at radius 1 is 1.36 bits per heavy atom. The zero-order valence-corrected chi connectivity index (χ0v) is 14.7. The molecule has 8 heteroatoms. The van der Waals surface area contributed by atoms with Gasteiger partial charge in [-0.1, -0.05) is 19.9 Å². The molecular formula is C14H24ClN3O3S. The second-order valence-corrected chi connectivity index (χ2v) is 6.80. The van der Waals surface area contributed by atoms with Crippen LogP contribution in [0.2, 0.25) is 0 Å². The number of carbonyl (C=O) groups excluding carboxylic acids is 1. The monoisotopic (exact) mass is 349 g/mol. The number of nitrogens with two attached hydrogens (primary N) is 1. The molecule has 6 nitrogen and oxygen atoms in total. The summed E-state index contributed by atoms with van der Waals surface area (Å²) in [5.74, 6) is -0.121. The fourth-order valence-corrected chi connectivity index (χ4v) is 2.80. The third-order valence-corrected chi connectivity index (χ3v) is 4.66. The van der Waals surface area contributed by atoms with Crippen LogP contribution in [0.1, 0.15) is 29.8 Å². The first kappa shape index (κ1) is 20.9. The summed E-state index contributed by atoms with van der Waals surface area (Å²) in [7, 11) is -3.57. The van der Waals surface area contributed by atoms with Crippen molar-refractivity contribution in [3.8, 4) is 0 Å². The molecule has 0 radical (unpaired) electrons. The predicted octanol–water partition coefficient (Wildman–Crippen LogP) is 1.04. The number of aryl methyl sites for hydroxylation is 1. The summed E-state index contributed by atoms with van der Waals surface area (Å²) in [5.41, 5.74) is 6.59. The summed E-state index contributed by atoms with van der Waals surface area (Å²) in [6, 6.07) is 4.52. The van der Waals surface area contributed by atoms with Crippen molar-refractivity contribution in [1.29, 1.82) is 0 Å². The number of rotatable bonds is 7. The van der Waals surface area contributed by atoms with Crippen LogP contribution in [-0.4, -0.2) is 34.0 Å². The molecule has 1 atom stereocenters. The number of sulfonamides is 1. The van der Waals surface area contributed by atoms with E-state index >= 15 is 0 Å². The molecular weight excluding hydrogens is 326 g/mol. The molecule has 1 unspecified atom stereocenters. The van der Waals surface area contributed by atoms with Crippen molar-refractivity contribution in [2.45, 2.75) is 25.7 Å². The molecule has 1 rings (SSSR count). The lowest BCUT2D eigenvalue weighted by Crippen LogP contribution is -2.32. The van der Waals surface area contributed by atoms with Gasteiger partial charge in [0, 0.05) is 18.7 Å². The molecule has 0 spiro atoms. The molecule has 0 aliphatic carbocycles. The van der Waals surface area contributed by atoms with Gasteiger partial charge in [-0.15, -0.1) is 12.4 Å². The van der Waals surface area contributed by atoms with Gasteiger partial charge in [0.25, 0.3) is 5.91 Å². The maximum absolute atomic E-state index is 12.2. The zero-order chi connectivity index (χ0) is 16.0. The van der Waals surface area contributed by atoms with E-state index in [0.717, 1.165) is 5.56 Å². The molecule has 0 saturated heterocycles. The lowest BCUT2D eigenvalue weighted by Gasteiger charge is -2.13. The van der Waals surface area contributed by atoms with Crippen LogP contribution in [0.3, 0.4) is 0 Å². The third kappa shape index (κ3) is 5.57. The molecule has 1 amide bonds. The van der Waals surface area contributed by atoms with Crippen molar-refractivity contribution in [3.63, 3.8) is 0 Å². The van der Waals surface area contributed by atoms with Crippen LogP contribution in [0, 0.1) is 12.8 Å². The zero-order valence-electron chi connectivity index (χ0n) is 13.0. The van der Waals surface area contributed by atoms with Gasteiger partial charge in [0.05, 0.1) is 4.90 Å². The Morgan fingerprint density at radius 2 is 2.00 bits per heavy atom. The lowest BCUT2D eigenvalue weighted by molar-refractivity contribution is 0.0947. The van der Waals surface area contributed by atoms with Crippen molar-refractivity contribution >= 4 is 28.3 Å². The largest absolute Gasteiger partial charge is 0.352 e. The van der Waals surface area contributed by atoms with Crippen LogP contribution in [0.15, 0.2) is 23.1 Å². The molecule has 126 valence electrons. The normalized spacial score (nSPS) is 12.4. The topological polar surface area (TPSA) is 101 Å². The quantitative estimate of drug-likeness (QED) is 0.684. The smallest absolute Gasteiger partial charge is 0.251 e. The molecule has 1 aromatic carbocycles. The molecule has 0 aliphatic heterocycles. The lowest BCUT2D eigenvalue weighted by atomic mass is 10.1. The Labute approximate surface area is 138 Å². The highest BCUT2D eigenvalue weighted by atomic mass is 35.5. The fraction of sp³-hybridized carbons (Fsp3) is 0.500. The summed E-state index contributed by atoms with van der Waals surface area (Å²) >= 11 is 0. The van der Waals surface area contributed by atoms with E-state index in [4.69, 9.17) is 5.73 Å². The number of nitrogens with one attached hydrogen (secondary N) is 2. The van der Waals surface area contributed by atoms with E-state index in [1.54, 1.807) is 19.9 Å². The first-order chi connectivity index (χ1) is 9.81. The molecule has 1 aromatic rings. The third-order valence-electron chi connectivity index (χ3n) is 3.11. The highest BCUT2D eigenvalue weighted by Crippen LogP contribution is 2.15. The summed E-state index contributed by atoms with van der Waals surface area (Å²) < 4.78 is 26.3. The van der Waals surface area contributed by atoms with Crippen molar-refractivity contribution in [3.05, 3.63) is 29.3 Å². The Hall–Kier alpha value is -1.15. The Morgan fingerprint density at radius 3 is 2.55 bits per heavy atom. The van der Waals surface area contributed by atoms with Gasteiger partial charge >= 0.3 is 0 Å². The average Bonchev–Trinajstić information content (AvgIpc) is 2.44. The highest BCUT2D eigenvalue weighted by molar-refractivity contribution is 7.89. The van der Waals surface area contributed by atoms with Crippen LogP contribution >= 0.6 is 12.4 Å². The second kappa shape index (κ2) is 9.09. The van der Waals surface area contributed by atoms with Gasteiger partial charge in [0.15, 0.2) is 0 Å². The number of hydrogen-bond donors (Lipinski definition) is 3. The predicted molar refractivity (Wildman–Crippen MR) is 89.8 cm³/mol. The molecule has 0 aliphatic rings. The SMILES string of the molecule is CCNS(=O)(=O)c1ccc(C)c(C(=O)NCC(C)CN)c1.Cl. The van der Waals surface area contributed by atoms with Gasteiger partial charge < -0.3 is 11.1 Å². The van der Waals surface area contributed by atoms with Crippen LogP contribution in [-0.2, 0) is 10.0 Å². The average molecular weight is 350 g/mol. The Balaban J connectivity index is 0.00000441. The van der Waals surface area contributed by atoms with Gasteiger partial charge in [0.2, 0.25) is 10.0 Å².